The Labute approximate surface area is 188 Å². The highest BCUT2D eigenvalue weighted by Crippen LogP contribution is 2.29. The third kappa shape index (κ3) is 8.19. The third-order valence-electron chi connectivity index (χ3n) is 6.60. The summed E-state index contributed by atoms with van der Waals surface area (Å²) >= 11 is 0. The molecule has 1 aliphatic rings. The second-order valence-corrected chi connectivity index (χ2v) is 9.95. The Balaban J connectivity index is 2.62. The van der Waals surface area contributed by atoms with E-state index in [1.807, 2.05) is 20.8 Å². The smallest absolute Gasteiger partial charge is 0.184 e. The number of aliphatic hydroxyl groups excluding tert-OH is 3. The normalized spacial score (nSPS) is 31.2. The summed E-state index contributed by atoms with van der Waals surface area (Å²) in [6, 6.07) is -0.450. The van der Waals surface area contributed by atoms with Crippen molar-refractivity contribution < 1.29 is 35.0 Å². The number of rotatable bonds is 13. The fraction of sp³-hybridized carbons (Fsp3) is 1.00. The molecule has 0 bridgehead atoms. The van der Waals surface area contributed by atoms with E-state index in [4.69, 9.17) is 9.47 Å². The standard InChI is InChI=1S/C23H47NO7/c1-8-18(26)23(7,29)20(27)16(5)24-13-14(3)12-22(6,28)19(9-2)31-21-17(25)11-10-15(4)30-21/h14-21,24-29H,8-13H2,1-7H3/t14-,15-,16-,17-,18-,19+,20-,21?,22-,23-/m1/s1. The van der Waals surface area contributed by atoms with Crippen molar-refractivity contribution in [3.8, 4) is 0 Å². The van der Waals surface area contributed by atoms with Crippen LogP contribution in [0.3, 0.4) is 0 Å². The molecular weight excluding hydrogens is 402 g/mol. The molecule has 186 valence electrons. The van der Waals surface area contributed by atoms with Crippen LogP contribution in [0, 0.1) is 5.92 Å². The Morgan fingerprint density at radius 2 is 1.71 bits per heavy atom. The number of hydrogen-bond donors (Lipinski definition) is 6. The lowest BCUT2D eigenvalue weighted by Crippen LogP contribution is -2.57. The molecule has 8 nitrogen and oxygen atoms in total. The maximum Gasteiger partial charge on any atom is 0.184 e. The second-order valence-electron chi connectivity index (χ2n) is 9.95. The van der Waals surface area contributed by atoms with Gasteiger partial charge in [-0.15, -0.1) is 0 Å². The van der Waals surface area contributed by atoms with Gasteiger partial charge in [0, 0.05) is 6.04 Å². The van der Waals surface area contributed by atoms with E-state index in [1.54, 1.807) is 20.8 Å². The first-order valence-corrected chi connectivity index (χ1v) is 11.8. The lowest BCUT2D eigenvalue weighted by Gasteiger charge is -2.40. The fourth-order valence-electron chi connectivity index (χ4n) is 4.42. The highest BCUT2D eigenvalue weighted by atomic mass is 16.7. The molecule has 0 radical (unpaired) electrons. The topological polar surface area (TPSA) is 132 Å². The highest BCUT2D eigenvalue weighted by Gasteiger charge is 2.41. The molecule has 1 unspecified atom stereocenters. The van der Waals surface area contributed by atoms with E-state index in [0.717, 1.165) is 6.42 Å². The van der Waals surface area contributed by atoms with Gasteiger partial charge in [-0.2, -0.15) is 0 Å². The van der Waals surface area contributed by atoms with Gasteiger partial charge in [0.05, 0.1) is 30.0 Å². The van der Waals surface area contributed by atoms with Crippen LogP contribution in [0.25, 0.3) is 0 Å². The Morgan fingerprint density at radius 1 is 1.10 bits per heavy atom. The Bertz CT molecular complexity index is 516. The van der Waals surface area contributed by atoms with Crippen LogP contribution in [-0.4, -0.2) is 86.1 Å². The Kier molecular flexibility index (Phi) is 11.3. The van der Waals surface area contributed by atoms with E-state index < -0.39 is 47.9 Å². The highest BCUT2D eigenvalue weighted by molar-refractivity contribution is 4.94. The van der Waals surface area contributed by atoms with Gasteiger partial charge in [-0.05, 0) is 72.3 Å². The SMILES string of the molecule is CC[C@@H](O)[C@@](C)(O)[C@H](O)[C@@H](C)NC[C@H](C)C[C@@](C)(O)[C@H](CC)OC1O[C@H](C)CC[C@H]1O. The zero-order valence-electron chi connectivity index (χ0n) is 20.4. The van der Waals surface area contributed by atoms with Crippen molar-refractivity contribution in [3.63, 3.8) is 0 Å². The van der Waals surface area contributed by atoms with Crippen LogP contribution in [0.1, 0.15) is 80.6 Å². The molecule has 0 saturated carbocycles. The Morgan fingerprint density at radius 3 is 2.26 bits per heavy atom. The average molecular weight is 450 g/mol. The van der Waals surface area contributed by atoms with Crippen LogP contribution >= 0.6 is 0 Å². The van der Waals surface area contributed by atoms with Crippen molar-refractivity contribution >= 4 is 0 Å². The predicted octanol–water partition coefficient (Wildman–Crippen LogP) is 1.31. The number of ether oxygens (including phenoxy) is 2. The molecule has 0 aromatic rings. The Hall–Kier alpha value is -0.320. The van der Waals surface area contributed by atoms with Crippen molar-refractivity contribution in [1.29, 1.82) is 0 Å². The molecule has 1 rings (SSSR count). The monoisotopic (exact) mass is 449 g/mol. The molecule has 0 aromatic carbocycles. The molecule has 0 aromatic heterocycles. The van der Waals surface area contributed by atoms with Gasteiger partial charge in [-0.1, -0.05) is 20.8 Å². The summed E-state index contributed by atoms with van der Waals surface area (Å²) in [7, 11) is 0. The minimum absolute atomic E-state index is 0.00957. The summed E-state index contributed by atoms with van der Waals surface area (Å²) in [5, 5.41) is 55.4. The lowest BCUT2D eigenvalue weighted by molar-refractivity contribution is -0.276. The summed E-state index contributed by atoms with van der Waals surface area (Å²) in [6.07, 6.45) is -1.35. The van der Waals surface area contributed by atoms with Crippen LogP contribution in [0.5, 0.6) is 0 Å². The number of nitrogens with one attached hydrogen (secondary N) is 1. The van der Waals surface area contributed by atoms with Crippen molar-refractivity contribution in [3.05, 3.63) is 0 Å². The summed E-state index contributed by atoms with van der Waals surface area (Å²) in [4.78, 5) is 0. The van der Waals surface area contributed by atoms with E-state index >= 15 is 0 Å². The van der Waals surface area contributed by atoms with E-state index in [0.29, 0.717) is 32.2 Å². The molecule has 0 amide bonds. The zero-order chi connectivity index (χ0) is 24.0. The summed E-state index contributed by atoms with van der Waals surface area (Å²) in [5.41, 5.74) is -2.75. The molecule has 1 heterocycles. The maximum absolute atomic E-state index is 11.1. The van der Waals surface area contributed by atoms with Crippen molar-refractivity contribution in [1.82, 2.24) is 5.32 Å². The van der Waals surface area contributed by atoms with Crippen molar-refractivity contribution in [2.24, 2.45) is 5.92 Å². The summed E-state index contributed by atoms with van der Waals surface area (Å²) < 4.78 is 11.7. The van der Waals surface area contributed by atoms with Gasteiger partial charge >= 0.3 is 0 Å². The molecule has 0 spiro atoms. The molecule has 1 fully saturated rings. The van der Waals surface area contributed by atoms with Crippen LogP contribution in [0.4, 0.5) is 0 Å². The third-order valence-corrected chi connectivity index (χ3v) is 6.60. The zero-order valence-corrected chi connectivity index (χ0v) is 20.4. The number of hydrogen-bond acceptors (Lipinski definition) is 8. The predicted molar refractivity (Wildman–Crippen MR) is 120 cm³/mol. The number of aliphatic hydroxyl groups is 5. The minimum Gasteiger partial charge on any atom is -0.390 e. The summed E-state index contributed by atoms with van der Waals surface area (Å²) in [5.74, 6) is 0.0412. The van der Waals surface area contributed by atoms with Crippen LogP contribution in [0.2, 0.25) is 0 Å². The largest absolute Gasteiger partial charge is 0.390 e. The van der Waals surface area contributed by atoms with Crippen molar-refractivity contribution in [2.75, 3.05) is 6.54 Å². The van der Waals surface area contributed by atoms with Gasteiger partial charge in [0.25, 0.3) is 0 Å². The molecule has 10 atom stereocenters. The van der Waals surface area contributed by atoms with E-state index in [9.17, 15) is 25.5 Å². The van der Waals surface area contributed by atoms with Crippen LogP contribution < -0.4 is 5.32 Å². The van der Waals surface area contributed by atoms with Gasteiger partial charge in [-0.3, -0.25) is 0 Å². The van der Waals surface area contributed by atoms with E-state index in [-0.39, 0.29) is 12.0 Å². The summed E-state index contributed by atoms with van der Waals surface area (Å²) in [6.45, 7) is 13.0. The molecule has 6 N–H and O–H groups in total. The van der Waals surface area contributed by atoms with Crippen LogP contribution in [0.15, 0.2) is 0 Å². The lowest BCUT2D eigenvalue weighted by atomic mass is 9.85. The van der Waals surface area contributed by atoms with Gasteiger partial charge in [-0.25, -0.2) is 0 Å². The van der Waals surface area contributed by atoms with Gasteiger partial charge in [0.1, 0.15) is 11.7 Å². The maximum atomic E-state index is 11.1. The van der Waals surface area contributed by atoms with Gasteiger partial charge in [0.15, 0.2) is 6.29 Å². The average Bonchev–Trinajstić information content (AvgIpc) is 2.70. The van der Waals surface area contributed by atoms with E-state index in [2.05, 4.69) is 5.32 Å². The van der Waals surface area contributed by atoms with Crippen LogP contribution in [-0.2, 0) is 9.47 Å². The second kappa shape index (κ2) is 12.2. The molecular formula is C23H47NO7. The molecule has 31 heavy (non-hydrogen) atoms. The van der Waals surface area contributed by atoms with E-state index in [1.165, 1.54) is 6.92 Å². The van der Waals surface area contributed by atoms with Gasteiger partial charge < -0.3 is 40.3 Å². The van der Waals surface area contributed by atoms with Gasteiger partial charge in [0.2, 0.25) is 0 Å². The van der Waals surface area contributed by atoms with Crippen molar-refractivity contribution in [2.45, 2.75) is 135 Å². The minimum atomic E-state index is -1.62. The molecule has 1 saturated heterocycles. The fourth-order valence-corrected chi connectivity index (χ4v) is 4.42. The first kappa shape index (κ1) is 28.7. The molecule has 1 aliphatic heterocycles. The first-order valence-electron chi connectivity index (χ1n) is 11.8. The molecule has 0 aliphatic carbocycles. The molecule has 8 heteroatoms. The first-order chi connectivity index (χ1) is 14.3. The quantitative estimate of drug-likeness (QED) is 0.248.